The van der Waals surface area contributed by atoms with E-state index in [9.17, 15) is 31.8 Å². The van der Waals surface area contributed by atoms with Crippen LogP contribution in [0.25, 0.3) is 0 Å². The molecule has 0 radical (unpaired) electrons. The van der Waals surface area contributed by atoms with E-state index in [2.05, 4.69) is 61.2 Å². The number of aliphatic hydroxyl groups excluding tert-OH is 1. The fourth-order valence-corrected chi connectivity index (χ4v) is 7.53. The van der Waals surface area contributed by atoms with Gasteiger partial charge in [0.2, 0.25) is 20.0 Å². The van der Waals surface area contributed by atoms with Crippen LogP contribution in [0.2, 0.25) is 0 Å². The van der Waals surface area contributed by atoms with Gasteiger partial charge < -0.3 is 31.1 Å². The van der Waals surface area contributed by atoms with Gasteiger partial charge in [-0.15, -0.1) is 0 Å². The molecule has 0 spiro atoms. The Hall–Kier alpha value is -2.73. The Labute approximate surface area is 388 Å². The number of carboxylic acid groups (broad SMARTS) is 1. The highest BCUT2D eigenvalue weighted by atomic mass is 32.2. The zero-order chi connectivity index (χ0) is 50.0. The van der Waals surface area contributed by atoms with E-state index in [1.165, 1.54) is 38.1 Å². The third-order valence-electron chi connectivity index (χ3n) is 9.27. The number of hydrogen-bond donors (Lipinski definition) is 6. The molecule has 2 aliphatic rings. The maximum absolute atomic E-state index is 11.9. The summed E-state index contributed by atoms with van der Waals surface area (Å²) in [6.45, 7) is 40.6. The smallest absolute Gasteiger partial charge is 0.335 e. The van der Waals surface area contributed by atoms with Crippen molar-refractivity contribution < 1.29 is 31.8 Å². The Morgan fingerprint density at radius 1 is 0.810 bits per heavy atom. The topological polar surface area (TPSA) is 226 Å². The van der Waals surface area contributed by atoms with Crippen LogP contribution in [0, 0.1) is 5.92 Å². The van der Waals surface area contributed by atoms with E-state index in [0.29, 0.717) is 18.7 Å². The van der Waals surface area contributed by atoms with Crippen LogP contribution in [-0.4, -0.2) is 124 Å². The largest absolute Gasteiger partial charge is 0.508 e. The lowest BCUT2D eigenvalue weighted by atomic mass is 9.92. The number of aliphatic hydroxyl groups is 1. The van der Waals surface area contributed by atoms with E-state index in [1.54, 1.807) is 13.0 Å². The molecular weight excluding hydrogens is 839 g/mol. The molecule has 0 amide bonds. The van der Waals surface area contributed by atoms with Crippen molar-refractivity contribution in [3.63, 3.8) is 0 Å². The average molecular weight is 938 g/mol. The summed E-state index contributed by atoms with van der Waals surface area (Å²) in [5.41, 5.74) is 7.86. The van der Waals surface area contributed by atoms with Crippen molar-refractivity contribution in [1.29, 1.82) is 0 Å². The number of nitrogens with zero attached hydrogens (tertiary/aromatic N) is 3. The molecule has 1 aliphatic carbocycles. The lowest BCUT2D eigenvalue weighted by molar-refractivity contribution is -0.132. The van der Waals surface area contributed by atoms with Crippen LogP contribution < -0.4 is 21.3 Å². The molecule has 1 heterocycles. The summed E-state index contributed by atoms with van der Waals surface area (Å²) in [6, 6.07) is 0. The van der Waals surface area contributed by atoms with Gasteiger partial charge in [-0.1, -0.05) is 129 Å². The molecule has 0 aromatic carbocycles. The number of rotatable bonds is 24. The Bertz CT molecular complexity index is 1460. The van der Waals surface area contributed by atoms with Gasteiger partial charge in [-0.05, 0) is 76.4 Å². The van der Waals surface area contributed by atoms with E-state index in [0.717, 1.165) is 95.6 Å². The highest BCUT2D eigenvalue weighted by Crippen LogP contribution is 2.31. The first-order valence-corrected chi connectivity index (χ1v) is 27.3. The first-order chi connectivity index (χ1) is 29.9. The molecule has 2 rings (SSSR count). The predicted molar refractivity (Wildman–Crippen MR) is 273 cm³/mol. The summed E-state index contributed by atoms with van der Waals surface area (Å²) < 4.78 is 46.3. The fraction of sp³-hybridized carbons (Fsp3) is 0.766. The van der Waals surface area contributed by atoms with Crippen LogP contribution >= 0.6 is 0 Å². The molecule has 16 heteroatoms. The third kappa shape index (κ3) is 35.2. The van der Waals surface area contributed by atoms with Gasteiger partial charge in [0, 0.05) is 68.7 Å². The zero-order valence-corrected chi connectivity index (χ0v) is 44.3. The second-order valence-electron chi connectivity index (χ2n) is 14.1. The summed E-state index contributed by atoms with van der Waals surface area (Å²) >= 11 is 0. The quantitative estimate of drug-likeness (QED) is 0.0396. The standard InChI is InChI=1S/C19H38N4O3S.C16H28N2O4S.C4H9N.4C2H6/c1-5-8-12-23(11-6-2)19(16-22(7-3)13-10-20)15-18(17(4)24)9-14-27(21,25)26;1-4-6-8-18(9-7-5-2)14-10-13(16(19)20)11-15(12(14)3)23(17,21)22;1-2-4-5-3-1;4*1-2/h9,15,24H,4-8,10-14,16,20H2,1-3H3,(H2,21,25,26);10-12,15H,4-9H2,1-3H3,(H,19,20)(H2,17,21,22);5H,1-4H2;4*1-2H3/b18-9+,19-15+;;;;;;. The SMILES string of the molecule is C1CCNC1.C=C(O)C(=C/CS(N)(=O)=O)/C=C(\CN(CC)CCN)N(CCC)CCCC.CC.CC.CC.CC.CCCCN(CCCC)C1=CC(C(=O)O)=CC(S(N)(=O)=O)C1C. The zero-order valence-electron chi connectivity index (χ0n) is 42.6. The predicted octanol–water partition coefficient (Wildman–Crippen LogP) is 8.51. The summed E-state index contributed by atoms with van der Waals surface area (Å²) in [7, 11) is -7.52. The first kappa shape index (κ1) is 69.3. The maximum atomic E-state index is 11.9. The maximum Gasteiger partial charge on any atom is 0.335 e. The number of unbranched alkanes of at least 4 members (excludes halogenated alkanes) is 3. The molecule has 1 saturated heterocycles. The molecule has 2 atom stereocenters. The third-order valence-corrected chi connectivity index (χ3v) is 11.2. The van der Waals surface area contributed by atoms with E-state index in [4.69, 9.17) is 16.0 Å². The molecular formula is C47H99N7O7S2. The van der Waals surface area contributed by atoms with Crippen molar-refractivity contribution in [2.24, 2.45) is 21.9 Å². The normalized spacial score (nSPS) is 15.8. The van der Waals surface area contributed by atoms with Gasteiger partial charge in [-0.3, -0.25) is 4.90 Å². The monoisotopic (exact) mass is 938 g/mol. The number of aliphatic carboxylic acids is 1. The van der Waals surface area contributed by atoms with Crippen LogP contribution in [0.5, 0.6) is 0 Å². The molecule has 9 N–H and O–H groups in total. The number of sulfonamides is 2. The second-order valence-corrected chi connectivity index (χ2v) is 17.4. The van der Waals surface area contributed by atoms with Gasteiger partial charge >= 0.3 is 5.97 Å². The van der Waals surface area contributed by atoms with Crippen LogP contribution in [0.1, 0.15) is 155 Å². The Balaban J connectivity index is -0.000000280. The molecule has 63 heavy (non-hydrogen) atoms. The molecule has 0 bridgehead atoms. The van der Waals surface area contributed by atoms with Gasteiger partial charge in [0.15, 0.2) is 0 Å². The van der Waals surface area contributed by atoms with Crippen molar-refractivity contribution in [3.8, 4) is 0 Å². The minimum atomic E-state index is -3.86. The summed E-state index contributed by atoms with van der Waals surface area (Å²) in [5, 5.41) is 31.9. The van der Waals surface area contributed by atoms with Crippen LogP contribution in [0.3, 0.4) is 0 Å². The number of likely N-dealkylation sites (N-methyl/N-ethyl adjacent to an activating group) is 1. The van der Waals surface area contributed by atoms with Crippen molar-refractivity contribution in [2.75, 3.05) is 71.2 Å². The fourth-order valence-electron chi connectivity index (χ4n) is 6.07. The number of hydrogen-bond acceptors (Lipinski definition) is 11. The lowest BCUT2D eigenvalue weighted by Gasteiger charge is -2.35. The molecule has 1 fully saturated rings. The first-order valence-electron chi connectivity index (χ1n) is 24.0. The van der Waals surface area contributed by atoms with E-state index in [1.807, 2.05) is 61.5 Å². The molecule has 1 aliphatic heterocycles. The van der Waals surface area contributed by atoms with Crippen molar-refractivity contribution >= 4 is 26.0 Å². The van der Waals surface area contributed by atoms with Crippen LogP contribution in [0.15, 0.2) is 59.2 Å². The number of nitrogens with two attached hydrogens (primary N) is 3. The summed E-state index contributed by atoms with van der Waals surface area (Å²) in [5.74, 6) is -2.02. The van der Waals surface area contributed by atoms with E-state index >= 15 is 0 Å². The van der Waals surface area contributed by atoms with Crippen molar-refractivity contribution in [1.82, 2.24) is 20.0 Å². The van der Waals surface area contributed by atoms with Crippen molar-refractivity contribution in [3.05, 3.63) is 59.2 Å². The van der Waals surface area contributed by atoms with Gasteiger partial charge in [0.25, 0.3) is 0 Å². The van der Waals surface area contributed by atoms with Gasteiger partial charge in [-0.25, -0.2) is 31.9 Å². The highest BCUT2D eigenvalue weighted by molar-refractivity contribution is 7.90. The number of carboxylic acids is 1. The lowest BCUT2D eigenvalue weighted by Crippen LogP contribution is -2.40. The van der Waals surface area contributed by atoms with E-state index in [-0.39, 0.29) is 23.0 Å². The van der Waals surface area contributed by atoms with Crippen molar-refractivity contribution in [2.45, 2.75) is 160 Å². The van der Waals surface area contributed by atoms with Gasteiger partial charge in [-0.2, -0.15) is 0 Å². The number of carbonyl (C=O) groups is 1. The molecule has 0 aromatic rings. The van der Waals surface area contributed by atoms with E-state index < -0.39 is 31.3 Å². The van der Waals surface area contributed by atoms with Crippen LogP contribution in [-0.2, 0) is 24.8 Å². The average Bonchev–Trinajstić information content (AvgIpc) is 3.86. The van der Waals surface area contributed by atoms with Gasteiger partial charge in [0.1, 0.15) is 11.0 Å². The molecule has 0 saturated carbocycles. The number of primary sulfonamides is 2. The summed E-state index contributed by atoms with van der Waals surface area (Å²) in [4.78, 5) is 18.0. The minimum Gasteiger partial charge on any atom is -0.508 e. The molecule has 14 nitrogen and oxygen atoms in total. The second kappa shape index (κ2) is 44.5. The number of nitrogens with one attached hydrogen (secondary N) is 1. The molecule has 2 unspecified atom stereocenters. The molecule has 0 aromatic heterocycles. The number of allylic oxidation sites excluding steroid dienone is 2. The molecule has 376 valence electrons. The highest BCUT2D eigenvalue weighted by Gasteiger charge is 2.35. The Kier molecular flexibility index (Phi) is 48.9. The summed E-state index contributed by atoms with van der Waals surface area (Å²) in [6.07, 6.45) is 15.9. The van der Waals surface area contributed by atoms with Gasteiger partial charge in [0.05, 0.1) is 11.3 Å². The van der Waals surface area contributed by atoms with Crippen LogP contribution in [0.4, 0.5) is 0 Å². The minimum absolute atomic E-state index is 0.00452. The Morgan fingerprint density at radius 2 is 1.30 bits per heavy atom. The Morgan fingerprint density at radius 3 is 1.65 bits per heavy atom.